The van der Waals surface area contributed by atoms with Gasteiger partial charge in [0.2, 0.25) is 10.0 Å². The van der Waals surface area contributed by atoms with Gasteiger partial charge in [-0.3, -0.25) is 4.79 Å². The van der Waals surface area contributed by atoms with E-state index in [4.69, 9.17) is 4.74 Å². The smallest absolute Gasteiger partial charge is 0.251 e. The number of sulfonamides is 1. The Labute approximate surface area is 155 Å². The van der Waals surface area contributed by atoms with Gasteiger partial charge in [0.25, 0.3) is 5.91 Å². The van der Waals surface area contributed by atoms with Gasteiger partial charge < -0.3 is 15.0 Å². The molecule has 0 saturated carbocycles. The molecule has 2 saturated heterocycles. The number of nitrogens with one attached hydrogen (secondary N) is 1. The topological polar surface area (TPSA) is 79.0 Å². The zero-order chi connectivity index (χ0) is 18.6. The van der Waals surface area contributed by atoms with Crippen molar-refractivity contribution >= 4 is 15.9 Å². The Morgan fingerprint density at radius 1 is 1.19 bits per heavy atom. The van der Waals surface area contributed by atoms with Gasteiger partial charge in [0.05, 0.1) is 11.9 Å². The Balaban J connectivity index is 1.54. The van der Waals surface area contributed by atoms with Gasteiger partial charge in [-0.1, -0.05) is 12.1 Å². The van der Waals surface area contributed by atoms with Crippen LogP contribution in [0.25, 0.3) is 0 Å². The third-order valence-electron chi connectivity index (χ3n) is 4.94. The molecule has 1 atom stereocenters. The standard InChI is InChI=1S/C18H27N3O4S/c1-20-8-10-21(11-9-20)26(23,24)14-15-4-6-16(7-5-15)18(22)19-13-17-3-2-12-25-17/h4-7,17H,2-3,8-14H2,1H3,(H,19,22)/t17-/m0/s1. The van der Waals surface area contributed by atoms with E-state index in [9.17, 15) is 13.2 Å². The van der Waals surface area contributed by atoms with E-state index < -0.39 is 10.0 Å². The molecule has 0 unspecified atom stereocenters. The highest BCUT2D eigenvalue weighted by Gasteiger charge is 2.26. The van der Waals surface area contributed by atoms with Crippen LogP contribution < -0.4 is 5.32 Å². The minimum absolute atomic E-state index is 0.0332. The van der Waals surface area contributed by atoms with Crippen molar-refractivity contribution < 1.29 is 17.9 Å². The van der Waals surface area contributed by atoms with Crippen LogP contribution in [0.2, 0.25) is 0 Å². The van der Waals surface area contributed by atoms with E-state index in [1.807, 2.05) is 7.05 Å². The first-order valence-corrected chi connectivity index (χ1v) is 10.7. The molecule has 2 aliphatic rings. The van der Waals surface area contributed by atoms with Crippen LogP contribution in [-0.4, -0.2) is 76.0 Å². The molecule has 144 valence electrons. The fourth-order valence-electron chi connectivity index (χ4n) is 3.23. The maximum absolute atomic E-state index is 12.5. The highest BCUT2D eigenvalue weighted by Crippen LogP contribution is 2.15. The molecule has 2 aliphatic heterocycles. The predicted molar refractivity (Wildman–Crippen MR) is 99.4 cm³/mol. The van der Waals surface area contributed by atoms with E-state index in [0.717, 1.165) is 32.5 Å². The lowest BCUT2D eigenvalue weighted by Crippen LogP contribution is -2.47. The van der Waals surface area contributed by atoms with Gasteiger partial charge in [-0.25, -0.2) is 8.42 Å². The van der Waals surface area contributed by atoms with E-state index in [-0.39, 0.29) is 17.8 Å². The summed E-state index contributed by atoms with van der Waals surface area (Å²) in [6, 6.07) is 6.79. The molecule has 0 aliphatic carbocycles. The second-order valence-corrected chi connectivity index (χ2v) is 8.97. The van der Waals surface area contributed by atoms with Crippen molar-refractivity contribution in [2.45, 2.75) is 24.7 Å². The van der Waals surface area contributed by atoms with Crippen molar-refractivity contribution in [3.05, 3.63) is 35.4 Å². The summed E-state index contributed by atoms with van der Waals surface area (Å²) >= 11 is 0. The summed E-state index contributed by atoms with van der Waals surface area (Å²) < 4.78 is 32.1. The van der Waals surface area contributed by atoms with Crippen molar-refractivity contribution in [1.82, 2.24) is 14.5 Å². The van der Waals surface area contributed by atoms with Crippen molar-refractivity contribution in [3.8, 4) is 0 Å². The summed E-state index contributed by atoms with van der Waals surface area (Å²) in [6.45, 7) is 3.84. The first kappa shape index (κ1) is 19.3. The third kappa shape index (κ3) is 5.03. The molecule has 8 heteroatoms. The van der Waals surface area contributed by atoms with Crippen LogP contribution in [0.15, 0.2) is 24.3 Å². The van der Waals surface area contributed by atoms with E-state index in [2.05, 4.69) is 10.2 Å². The fourth-order valence-corrected chi connectivity index (χ4v) is 4.75. The number of nitrogens with zero attached hydrogens (tertiary/aromatic N) is 2. The molecule has 7 nitrogen and oxygen atoms in total. The summed E-state index contributed by atoms with van der Waals surface area (Å²) in [5.74, 6) is -0.192. The maximum atomic E-state index is 12.5. The monoisotopic (exact) mass is 381 g/mol. The van der Waals surface area contributed by atoms with Gasteiger partial charge in [0.15, 0.2) is 0 Å². The van der Waals surface area contributed by atoms with Crippen LogP contribution >= 0.6 is 0 Å². The molecule has 1 aromatic rings. The summed E-state index contributed by atoms with van der Waals surface area (Å²) in [7, 11) is -1.33. The third-order valence-corrected chi connectivity index (χ3v) is 6.79. The van der Waals surface area contributed by atoms with Gasteiger partial charge in [-0.05, 0) is 37.6 Å². The van der Waals surface area contributed by atoms with Gasteiger partial charge in [-0.15, -0.1) is 0 Å². The lowest BCUT2D eigenvalue weighted by molar-refractivity contribution is 0.0858. The Kier molecular flexibility index (Phi) is 6.29. The Bertz CT molecular complexity index is 706. The van der Waals surface area contributed by atoms with Crippen molar-refractivity contribution in [1.29, 1.82) is 0 Å². The summed E-state index contributed by atoms with van der Waals surface area (Å²) in [4.78, 5) is 14.3. The molecular weight excluding hydrogens is 354 g/mol. The number of likely N-dealkylation sites (N-methyl/N-ethyl adjacent to an activating group) is 1. The molecule has 1 N–H and O–H groups in total. The summed E-state index contributed by atoms with van der Waals surface area (Å²) in [5, 5.41) is 2.87. The zero-order valence-electron chi connectivity index (χ0n) is 15.2. The molecular formula is C18H27N3O4S. The number of hydrogen-bond donors (Lipinski definition) is 1. The summed E-state index contributed by atoms with van der Waals surface area (Å²) in [5.41, 5.74) is 1.23. The Morgan fingerprint density at radius 3 is 2.50 bits per heavy atom. The quantitative estimate of drug-likeness (QED) is 0.784. The largest absolute Gasteiger partial charge is 0.376 e. The van der Waals surface area contributed by atoms with Crippen LogP contribution in [0, 0.1) is 0 Å². The molecule has 2 heterocycles. The number of piperazine rings is 1. The van der Waals surface area contributed by atoms with E-state index >= 15 is 0 Å². The molecule has 26 heavy (non-hydrogen) atoms. The number of benzene rings is 1. The Hall–Kier alpha value is -1.48. The average Bonchev–Trinajstić information content (AvgIpc) is 3.14. The molecule has 0 aromatic heterocycles. The first-order valence-electron chi connectivity index (χ1n) is 9.09. The van der Waals surface area contributed by atoms with Crippen LogP contribution in [0.5, 0.6) is 0 Å². The van der Waals surface area contributed by atoms with E-state index in [0.29, 0.717) is 30.8 Å². The van der Waals surface area contributed by atoms with Crippen molar-refractivity contribution in [3.63, 3.8) is 0 Å². The SMILES string of the molecule is CN1CCN(S(=O)(=O)Cc2ccc(C(=O)NC[C@@H]3CCCO3)cc2)CC1. The van der Waals surface area contributed by atoms with Crippen LogP contribution in [0.1, 0.15) is 28.8 Å². The number of amides is 1. The van der Waals surface area contributed by atoms with Crippen LogP contribution in [-0.2, 0) is 20.5 Å². The zero-order valence-corrected chi connectivity index (χ0v) is 16.0. The van der Waals surface area contributed by atoms with Crippen LogP contribution in [0.3, 0.4) is 0 Å². The average molecular weight is 381 g/mol. The molecule has 1 amide bonds. The highest BCUT2D eigenvalue weighted by molar-refractivity contribution is 7.88. The fraction of sp³-hybridized carbons (Fsp3) is 0.611. The second-order valence-electron chi connectivity index (χ2n) is 7.00. The molecule has 0 radical (unpaired) electrons. The maximum Gasteiger partial charge on any atom is 0.251 e. The predicted octanol–water partition coefficient (Wildman–Crippen LogP) is 0.673. The molecule has 0 bridgehead atoms. The molecule has 2 fully saturated rings. The van der Waals surface area contributed by atoms with Gasteiger partial charge in [0, 0.05) is 44.9 Å². The van der Waals surface area contributed by atoms with Gasteiger partial charge >= 0.3 is 0 Å². The van der Waals surface area contributed by atoms with Crippen LogP contribution in [0.4, 0.5) is 0 Å². The van der Waals surface area contributed by atoms with Gasteiger partial charge in [-0.2, -0.15) is 4.31 Å². The normalized spacial score (nSPS) is 22.4. The number of hydrogen-bond acceptors (Lipinski definition) is 5. The molecule has 0 spiro atoms. The van der Waals surface area contributed by atoms with E-state index in [1.165, 1.54) is 0 Å². The second kappa shape index (κ2) is 8.47. The van der Waals surface area contributed by atoms with E-state index in [1.54, 1.807) is 28.6 Å². The molecule has 1 aromatic carbocycles. The minimum atomic E-state index is -3.32. The lowest BCUT2D eigenvalue weighted by atomic mass is 10.1. The summed E-state index contributed by atoms with van der Waals surface area (Å²) in [6.07, 6.45) is 2.12. The van der Waals surface area contributed by atoms with Crippen molar-refractivity contribution in [2.75, 3.05) is 46.4 Å². The van der Waals surface area contributed by atoms with Crippen molar-refractivity contribution in [2.24, 2.45) is 0 Å². The lowest BCUT2D eigenvalue weighted by Gasteiger charge is -2.31. The first-order chi connectivity index (χ1) is 12.4. The van der Waals surface area contributed by atoms with Gasteiger partial charge in [0.1, 0.15) is 0 Å². The highest BCUT2D eigenvalue weighted by atomic mass is 32.2. The number of rotatable bonds is 6. The number of ether oxygens (including phenoxy) is 1. The number of carbonyl (C=O) groups is 1. The number of carbonyl (C=O) groups excluding carboxylic acids is 1. The Morgan fingerprint density at radius 2 is 1.88 bits per heavy atom. The minimum Gasteiger partial charge on any atom is -0.376 e. The molecule has 3 rings (SSSR count).